The number of phosphoric acid groups is 1. The lowest BCUT2D eigenvalue weighted by atomic mass is 10.1. The van der Waals surface area contributed by atoms with Crippen LogP contribution >= 0.6 is 7.82 Å². The molecule has 23 heavy (non-hydrogen) atoms. The van der Waals surface area contributed by atoms with Crippen LogP contribution in [-0.4, -0.2) is 59.4 Å². The quantitative estimate of drug-likeness (QED) is 0.498. The van der Waals surface area contributed by atoms with E-state index in [4.69, 9.17) is 14.5 Å². The maximum absolute atomic E-state index is 14.3. The Hall–Kier alpha value is -1.69. The van der Waals surface area contributed by atoms with E-state index in [0.29, 0.717) is 0 Å². The smallest absolute Gasteiger partial charge is 0.387 e. The molecule has 0 saturated carbocycles. The van der Waals surface area contributed by atoms with Crippen molar-refractivity contribution >= 4 is 19.0 Å². The van der Waals surface area contributed by atoms with E-state index in [1.54, 1.807) is 0 Å². The SMILES string of the molecule is O=c1[nH]cnc2c1ncn2[C@@H]1O[C@H](COP(=O)(O)O)[C@@H](O)[C@H]1F. The lowest BCUT2D eigenvalue weighted by Crippen LogP contribution is -2.31. The van der Waals surface area contributed by atoms with Crippen LogP contribution in [0, 0.1) is 0 Å². The van der Waals surface area contributed by atoms with Crippen molar-refractivity contribution in [3.63, 3.8) is 0 Å². The summed E-state index contributed by atoms with van der Waals surface area (Å²) in [6.07, 6.45) is -4.04. The zero-order valence-corrected chi connectivity index (χ0v) is 12.2. The highest BCUT2D eigenvalue weighted by Crippen LogP contribution is 2.39. The number of aromatic amines is 1. The van der Waals surface area contributed by atoms with E-state index in [1.165, 1.54) is 0 Å². The van der Waals surface area contributed by atoms with Crippen molar-refractivity contribution in [3.05, 3.63) is 23.0 Å². The molecular formula is C10H12FN4O7P. The van der Waals surface area contributed by atoms with Gasteiger partial charge in [-0.1, -0.05) is 0 Å². The number of aromatic nitrogens is 4. The molecule has 0 aliphatic carbocycles. The number of H-pyrrole nitrogens is 1. The molecule has 0 amide bonds. The Labute approximate surface area is 126 Å². The Morgan fingerprint density at radius 2 is 2.22 bits per heavy atom. The van der Waals surface area contributed by atoms with E-state index in [9.17, 15) is 18.9 Å². The molecule has 11 nitrogen and oxygen atoms in total. The largest absolute Gasteiger partial charge is 0.469 e. The molecule has 13 heteroatoms. The minimum absolute atomic E-state index is 0.0345. The fourth-order valence-electron chi connectivity index (χ4n) is 2.29. The van der Waals surface area contributed by atoms with Gasteiger partial charge in [0.25, 0.3) is 5.56 Å². The summed E-state index contributed by atoms with van der Waals surface area (Å²) in [6, 6.07) is 0. The average molecular weight is 350 g/mol. The van der Waals surface area contributed by atoms with Gasteiger partial charge >= 0.3 is 7.82 Å². The second-order valence-corrected chi connectivity index (χ2v) is 6.08. The van der Waals surface area contributed by atoms with Crippen molar-refractivity contribution in [2.24, 2.45) is 0 Å². The molecular weight excluding hydrogens is 338 g/mol. The predicted molar refractivity (Wildman–Crippen MR) is 71.0 cm³/mol. The van der Waals surface area contributed by atoms with Crippen molar-refractivity contribution in [2.45, 2.75) is 24.6 Å². The molecule has 3 heterocycles. The fourth-order valence-corrected chi connectivity index (χ4v) is 2.63. The second-order valence-electron chi connectivity index (χ2n) is 4.84. The number of nitrogens with one attached hydrogen (secondary N) is 1. The van der Waals surface area contributed by atoms with Crippen molar-refractivity contribution in [2.75, 3.05) is 6.61 Å². The standard InChI is InChI=1S/C10H12FN4O7P/c11-5-7(16)4(1-21-23(18,19)20)22-10(5)15-3-14-6-8(15)12-2-13-9(6)17/h2-5,7,10,16H,1H2,(H,12,13,17)(H2,18,19,20)/t4-,5-,7-,10-/m1/s1. The number of hydrogen-bond donors (Lipinski definition) is 4. The Kier molecular flexibility index (Phi) is 4.04. The monoisotopic (exact) mass is 350 g/mol. The van der Waals surface area contributed by atoms with E-state index in [-0.39, 0.29) is 11.2 Å². The molecule has 0 radical (unpaired) electrons. The van der Waals surface area contributed by atoms with Crippen LogP contribution in [-0.2, 0) is 13.8 Å². The van der Waals surface area contributed by atoms with Crippen LogP contribution in [0.1, 0.15) is 6.23 Å². The summed E-state index contributed by atoms with van der Waals surface area (Å²) >= 11 is 0. The number of fused-ring (bicyclic) bond motifs is 1. The van der Waals surface area contributed by atoms with Crippen LogP contribution in [0.25, 0.3) is 11.2 Å². The van der Waals surface area contributed by atoms with Gasteiger partial charge in [0.2, 0.25) is 0 Å². The van der Waals surface area contributed by atoms with Crippen LogP contribution in [0.4, 0.5) is 4.39 Å². The number of ether oxygens (including phenoxy) is 1. The molecule has 2 aromatic rings. The van der Waals surface area contributed by atoms with E-state index >= 15 is 0 Å². The van der Waals surface area contributed by atoms with Gasteiger partial charge in [0.05, 0.1) is 19.3 Å². The number of halogens is 1. The number of aliphatic hydroxyl groups is 1. The van der Waals surface area contributed by atoms with Gasteiger partial charge in [0.15, 0.2) is 23.6 Å². The minimum Gasteiger partial charge on any atom is -0.387 e. The van der Waals surface area contributed by atoms with Crippen molar-refractivity contribution in [1.29, 1.82) is 0 Å². The zero-order valence-electron chi connectivity index (χ0n) is 11.3. The molecule has 0 unspecified atom stereocenters. The summed E-state index contributed by atoms with van der Waals surface area (Å²) in [5, 5.41) is 9.80. The lowest BCUT2D eigenvalue weighted by Gasteiger charge is -2.15. The van der Waals surface area contributed by atoms with Gasteiger partial charge in [-0.2, -0.15) is 0 Å². The molecule has 1 fully saturated rings. The first-order valence-electron chi connectivity index (χ1n) is 6.36. The highest BCUT2D eigenvalue weighted by Gasteiger charge is 2.46. The summed E-state index contributed by atoms with van der Waals surface area (Å²) in [5.41, 5.74) is -0.512. The van der Waals surface area contributed by atoms with Crippen LogP contribution in [0.5, 0.6) is 0 Å². The van der Waals surface area contributed by atoms with Gasteiger partial charge in [0.1, 0.15) is 12.2 Å². The first kappa shape index (κ1) is 16.2. The number of imidazole rings is 1. The third-order valence-electron chi connectivity index (χ3n) is 3.34. The maximum Gasteiger partial charge on any atom is 0.469 e. The number of phosphoric ester groups is 1. The summed E-state index contributed by atoms with van der Waals surface area (Å²) in [4.78, 5) is 38.9. The van der Waals surface area contributed by atoms with Crippen molar-refractivity contribution < 1.29 is 33.1 Å². The summed E-state index contributed by atoms with van der Waals surface area (Å²) < 4.78 is 35.5. The number of nitrogens with zero attached hydrogens (tertiary/aromatic N) is 3. The highest BCUT2D eigenvalue weighted by molar-refractivity contribution is 7.46. The molecule has 1 aliphatic heterocycles. The minimum atomic E-state index is -4.78. The fraction of sp³-hybridized carbons (Fsp3) is 0.500. The van der Waals surface area contributed by atoms with E-state index < -0.39 is 44.6 Å². The van der Waals surface area contributed by atoms with Crippen LogP contribution in [0.3, 0.4) is 0 Å². The topological polar surface area (TPSA) is 160 Å². The lowest BCUT2D eigenvalue weighted by molar-refractivity contribution is -0.0451. The molecule has 126 valence electrons. The normalized spacial score (nSPS) is 28.5. The van der Waals surface area contributed by atoms with Crippen LogP contribution in [0.2, 0.25) is 0 Å². The summed E-state index contributed by atoms with van der Waals surface area (Å²) in [7, 11) is -4.78. The van der Waals surface area contributed by atoms with Crippen molar-refractivity contribution in [1.82, 2.24) is 19.5 Å². The molecule has 1 saturated heterocycles. The van der Waals surface area contributed by atoms with Gasteiger partial charge in [-0.3, -0.25) is 13.9 Å². The Morgan fingerprint density at radius 3 is 2.91 bits per heavy atom. The summed E-state index contributed by atoms with van der Waals surface area (Å²) in [5.74, 6) is 0. The molecule has 0 spiro atoms. The molecule has 0 bridgehead atoms. The second kappa shape index (κ2) is 5.74. The van der Waals surface area contributed by atoms with Crippen LogP contribution in [0.15, 0.2) is 17.4 Å². The molecule has 1 aliphatic rings. The van der Waals surface area contributed by atoms with E-state index in [0.717, 1.165) is 17.2 Å². The Bertz CT molecular complexity index is 819. The number of rotatable bonds is 4. The van der Waals surface area contributed by atoms with Crippen LogP contribution < -0.4 is 5.56 Å². The maximum atomic E-state index is 14.3. The molecule has 4 N–H and O–H groups in total. The average Bonchev–Trinajstić information content (AvgIpc) is 3.01. The molecule has 2 aromatic heterocycles. The molecule has 0 aromatic carbocycles. The van der Waals surface area contributed by atoms with Gasteiger partial charge in [0, 0.05) is 0 Å². The molecule has 4 atom stereocenters. The zero-order chi connectivity index (χ0) is 16.8. The molecule has 3 rings (SSSR count). The third-order valence-corrected chi connectivity index (χ3v) is 3.83. The van der Waals surface area contributed by atoms with Gasteiger partial charge < -0.3 is 24.6 Å². The highest BCUT2D eigenvalue weighted by atomic mass is 31.2. The predicted octanol–water partition coefficient (Wildman–Crippen LogP) is -1.17. The van der Waals surface area contributed by atoms with E-state index in [2.05, 4.69) is 19.5 Å². The number of alkyl halides is 1. The number of aliphatic hydroxyl groups excluding tert-OH is 1. The van der Waals surface area contributed by atoms with Crippen molar-refractivity contribution in [3.8, 4) is 0 Å². The first-order valence-corrected chi connectivity index (χ1v) is 7.89. The van der Waals surface area contributed by atoms with Gasteiger partial charge in [-0.15, -0.1) is 0 Å². The van der Waals surface area contributed by atoms with Gasteiger partial charge in [-0.25, -0.2) is 18.9 Å². The first-order chi connectivity index (χ1) is 10.8. The van der Waals surface area contributed by atoms with E-state index in [1.807, 2.05) is 0 Å². The Balaban J connectivity index is 1.87. The third kappa shape index (κ3) is 3.04. The van der Waals surface area contributed by atoms with Gasteiger partial charge in [-0.05, 0) is 0 Å². The number of hydrogen-bond acceptors (Lipinski definition) is 7. The summed E-state index contributed by atoms with van der Waals surface area (Å²) in [6.45, 7) is -0.705. The Morgan fingerprint density at radius 1 is 1.48 bits per heavy atom.